The molecule has 168 valence electrons. The lowest BCUT2D eigenvalue weighted by Crippen LogP contribution is -1.78. The van der Waals surface area contributed by atoms with Crippen LogP contribution in [0.3, 0.4) is 0 Å². The average Bonchev–Trinajstić information content (AvgIpc) is 2.91. The number of hydrogen-bond acceptors (Lipinski definition) is 4. The van der Waals surface area contributed by atoms with Gasteiger partial charge in [-0.1, -0.05) is 72.8 Å². The van der Waals surface area contributed by atoms with Crippen molar-refractivity contribution in [2.75, 3.05) is 28.4 Å². The summed E-state index contributed by atoms with van der Waals surface area (Å²) in [6.07, 6.45) is 0. The average molecular weight is 433 g/mol. The Hall–Kier alpha value is -3.92. The SMILES string of the molecule is COc1ccccc1.COc1ccccc1.COc1ccccc1.COc1ccccc1. The summed E-state index contributed by atoms with van der Waals surface area (Å²) in [6.45, 7) is 0. The fourth-order valence-corrected chi connectivity index (χ4v) is 2.23. The lowest BCUT2D eigenvalue weighted by molar-refractivity contribution is 0.414. The van der Waals surface area contributed by atoms with E-state index in [1.807, 2.05) is 121 Å². The van der Waals surface area contributed by atoms with Crippen molar-refractivity contribution < 1.29 is 18.9 Å². The van der Waals surface area contributed by atoms with Gasteiger partial charge >= 0.3 is 0 Å². The minimum atomic E-state index is 0.910. The Morgan fingerprint density at radius 1 is 0.281 bits per heavy atom. The highest BCUT2D eigenvalue weighted by Crippen LogP contribution is 2.07. The number of hydrogen-bond donors (Lipinski definition) is 0. The van der Waals surface area contributed by atoms with Crippen molar-refractivity contribution in [2.24, 2.45) is 0 Å². The van der Waals surface area contributed by atoms with Crippen LogP contribution in [0.25, 0.3) is 0 Å². The van der Waals surface area contributed by atoms with E-state index >= 15 is 0 Å². The molecule has 0 saturated carbocycles. The number of para-hydroxylation sites is 4. The number of ether oxygens (including phenoxy) is 4. The van der Waals surface area contributed by atoms with E-state index < -0.39 is 0 Å². The second-order valence-electron chi connectivity index (χ2n) is 6.07. The fourth-order valence-electron chi connectivity index (χ4n) is 2.23. The minimum Gasteiger partial charge on any atom is -0.497 e. The van der Waals surface area contributed by atoms with Crippen LogP contribution in [0.5, 0.6) is 23.0 Å². The van der Waals surface area contributed by atoms with Crippen molar-refractivity contribution in [1.82, 2.24) is 0 Å². The maximum atomic E-state index is 4.91. The summed E-state index contributed by atoms with van der Waals surface area (Å²) in [6, 6.07) is 38.7. The zero-order valence-electron chi connectivity index (χ0n) is 19.2. The molecule has 0 spiro atoms. The molecule has 0 N–H and O–H groups in total. The van der Waals surface area contributed by atoms with Crippen molar-refractivity contribution in [2.45, 2.75) is 0 Å². The van der Waals surface area contributed by atoms with Gasteiger partial charge in [0.15, 0.2) is 0 Å². The molecular formula is C28H32O4. The summed E-state index contributed by atoms with van der Waals surface area (Å²) in [5, 5.41) is 0. The Morgan fingerprint density at radius 2 is 0.438 bits per heavy atom. The zero-order valence-corrected chi connectivity index (χ0v) is 19.2. The van der Waals surface area contributed by atoms with Gasteiger partial charge in [-0.15, -0.1) is 0 Å². The monoisotopic (exact) mass is 432 g/mol. The first kappa shape index (κ1) is 26.1. The highest BCUT2D eigenvalue weighted by molar-refractivity contribution is 5.22. The predicted molar refractivity (Wildman–Crippen MR) is 132 cm³/mol. The molecule has 0 bridgehead atoms. The van der Waals surface area contributed by atoms with E-state index in [0.717, 1.165) is 23.0 Å². The summed E-state index contributed by atoms with van der Waals surface area (Å²) < 4.78 is 19.7. The van der Waals surface area contributed by atoms with Gasteiger partial charge < -0.3 is 18.9 Å². The Labute approximate surface area is 192 Å². The summed E-state index contributed by atoms with van der Waals surface area (Å²) in [5.74, 6) is 3.64. The Balaban J connectivity index is 0.000000213. The van der Waals surface area contributed by atoms with Crippen molar-refractivity contribution in [1.29, 1.82) is 0 Å². The molecule has 4 rings (SSSR count). The van der Waals surface area contributed by atoms with Crippen LogP contribution in [0.1, 0.15) is 0 Å². The third-order valence-electron chi connectivity index (χ3n) is 3.92. The van der Waals surface area contributed by atoms with Crippen LogP contribution in [-0.4, -0.2) is 28.4 Å². The number of rotatable bonds is 4. The second-order valence-corrected chi connectivity index (χ2v) is 6.07. The molecule has 0 atom stereocenters. The lowest BCUT2D eigenvalue weighted by atomic mass is 10.3. The molecule has 0 aliphatic rings. The van der Waals surface area contributed by atoms with E-state index in [0.29, 0.717) is 0 Å². The molecule has 0 unspecified atom stereocenters. The second kappa shape index (κ2) is 17.9. The van der Waals surface area contributed by atoms with E-state index in [2.05, 4.69) is 0 Å². The first-order valence-corrected chi connectivity index (χ1v) is 10.1. The molecule has 0 fully saturated rings. The molecule has 0 amide bonds. The number of benzene rings is 4. The van der Waals surface area contributed by atoms with Crippen LogP contribution in [0.15, 0.2) is 121 Å². The van der Waals surface area contributed by atoms with Crippen LogP contribution >= 0.6 is 0 Å². The summed E-state index contributed by atoms with van der Waals surface area (Å²) in [4.78, 5) is 0. The van der Waals surface area contributed by atoms with Gasteiger partial charge in [0.25, 0.3) is 0 Å². The summed E-state index contributed by atoms with van der Waals surface area (Å²) in [5.41, 5.74) is 0. The van der Waals surface area contributed by atoms with Gasteiger partial charge in [0.2, 0.25) is 0 Å². The zero-order chi connectivity index (χ0) is 23.3. The fraction of sp³-hybridized carbons (Fsp3) is 0.143. The molecule has 4 aromatic rings. The molecule has 4 aromatic carbocycles. The van der Waals surface area contributed by atoms with Gasteiger partial charge in [-0.25, -0.2) is 0 Å². The third-order valence-corrected chi connectivity index (χ3v) is 3.92. The predicted octanol–water partition coefficient (Wildman–Crippen LogP) is 6.78. The smallest absolute Gasteiger partial charge is 0.118 e. The molecule has 4 heteroatoms. The van der Waals surface area contributed by atoms with Gasteiger partial charge in [-0.2, -0.15) is 0 Å². The maximum Gasteiger partial charge on any atom is 0.118 e. The topological polar surface area (TPSA) is 36.9 Å². The quantitative estimate of drug-likeness (QED) is 0.356. The third kappa shape index (κ3) is 12.6. The molecule has 0 heterocycles. The normalized spacial score (nSPS) is 8.62. The highest BCUT2D eigenvalue weighted by Gasteiger charge is 1.82. The Kier molecular flexibility index (Phi) is 14.6. The largest absolute Gasteiger partial charge is 0.497 e. The molecule has 0 aliphatic carbocycles. The van der Waals surface area contributed by atoms with Gasteiger partial charge in [-0.05, 0) is 48.5 Å². The van der Waals surface area contributed by atoms with Gasteiger partial charge in [0.05, 0.1) is 28.4 Å². The van der Waals surface area contributed by atoms with Crippen molar-refractivity contribution in [3.63, 3.8) is 0 Å². The molecule has 0 radical (unpaired) electrons. The van der Waals surface area contributed by atoms with Crippen molar-refractivity contribution in [3.05, 3.63) is 121 Å². The first-order valence-electron chi connectivity index (χ1n) is 10.1. The van der Waals surface area contributed by atoms with E-state index in [-0.39, 0.29) is 0 Å². The van der Waals surface area contributed by atoms with Crippen LogP contribution < -0.4 is 18.9 Å². The standard InChI is InChI=1S/4C7H8O/c4*1-8-7-5-3-2-4-6-7/h4*2-6H,1H3. The molecule has 4 nitrogen and oxygen atoms in total. The van der Waals surface area contributed by atoms with E-state index in [1.165, 1.54) is 0 Å². The van der Waals surface area contributed by atoms with Gasteiger partial charge in [0, 0.05) is 0 Å². The maximum absolute atomic E-state index is 4.91. The van der Waals surface area contributed by atoms with E-state index in [1.54, 1.807) is 28.4 Å². The van der Waals surface area contributed by atoms with Crippen LogP contribution in [0, 0.1) is 0 Å². The van der Waals surface area contributed by atoms with Crippen LogP contribution in [0.2, 0.25) is 0 Å². The Bertz CT molecular complexity index is 741. The van der Waals surface area contributed by atoms with Gasteiger partial charge in [0.1, 0.15) is 23.0 Å². The molecule has 0 aromatic heterocycles. The molecule has 32 heavy (non-hydrogen) atoms. The van der Waals surface area contributed by atoms with Crippen molar-refractivity contribution in [3.8, 4) is 23.0 Å². The minimum absolute atomic E-state index is 0.910. The van der Waals surface area contributed by atoms with Crippen LogP contribution in [-0.2, 0) is 0 Å². The first-order chi connectivity index (χ1) is 15.7. The van der Waals surface area contributed by atoms with Crippen LogP contribution in [0.4, 0.5) is 0 Å². The highest BCUT2D eigenvalue weighted by atomic mass is 16.5. The lowest BCUT2D eigenvalue weighted by Gasteiger charge is -1.93. The van der Waals surface area contributed by atoms with Crippen molar-refractivity contribution >= 4 is 0 Å². The number of methoxy groups -OCH3 is 4. The van der Waals surface area contributed by atoms with Gasteiger partial charge in [-0.3, -0.25) is 0 Å². The molecule has 0 saturated heterocycles. The Morgan fingerprint density at radius 3 is 0.531 bits per heavy atom. The van der Waals surface area contributed by atoms with E-state index in [9.17, 15) is 0 Å². The summed E-state index contributed by atoms with van der Waals surface area (Å²) in [7, 11) is 6.65. The summed E-state index contributed by atoms with van der Waals surface area (Å²) >= 11 is 0. The molecular weight excluding hydrogens is 400 g/mol. The molecule has 0 aliphatic heterocycles. The van der Waals surface area contributed by atoms with E-state index in [4.69, 9.17) is 18.9 Å².